The van der Waals surface area contributed by atoms with Crippen LogP contribution in [-0.4, -0.2) is 49.3 Å². The number of likely N-dealkylation sites (tertiary alicyclic amines) is 1. The fraction of sp³-hybridized carbons (Fsp3) is 0.556. The Balaban J connectivity index is 1.77. The van der Waals surface area contributed by atoms with Crippen molar-refractivity contribution in [2.75, 3.05) is 32.6 Å². The number of anilines is 1. The predicted molar refractivity (Wildman–Crippen MR) is 92.3 cm³/mol. The van der Waals surface area contributed by atoms with Gasteiger partial charge in [0.25, 0.3) is 0 Å². The van der Waals surface area contributed by atoms with E-state index < -0.39 is 11.4 Å². The van der Waals surface area contributed by atoms with Crippen LogP contribution >= 0.6 is 0 Å². The molecule has 136 valence electrons. The maximum Gasteiger partial charge on any atom is 0.321 e. The smallest absolute Gasteiger partial charge is 0.321 e. The molecule has 3 rings (SSSR count). The van der Waals surface area contributed by atoms with Crippen LogP contribution in [0.5, 0.6) is 11.5 Å². The van der Waals surface area contributed by atoms with Gasteiger partial charge < -0.3 is 24.8 Å². The van der Waals surface area contributed by atoms with E-state index in [0.717, 1.165) is 18.4 Å². The normalized spacial score (nSPS) is 24.8. The molecule has 0 radical (unpaired) electrons. The molecular formula is C18H24N2O5. The van der Waals surface area contributed by atoms with Crippen molar-refractivity contribution in [2.45, 2.75) is 26.2 Å². The zero-order valence-electron chi connectivity index (χ0n) is 14.8. The summed E-state index contributed by atoms with van der Waals surface area (Å²) in [6, 6.07) is 3.24. The third-order valence-electron chi connectivity index (χ3n) is 5.56. The van der Waals surface area contributed by atoms with Gasteiger partial charge in [0, 0.05) is 24.8 Å². The van der Waals surface area contributed by atoms with Gasteiger partial charge in [-0.2, -0.15) is 0 Å². The van der Waals surface area contributed by atoms with Crippen LogP contribution in [0, 0.1) is 18.3 Å². The van der Waals surface area contributed by atoms with Crippen molar-refractivity contribution < 1.29 is 24.2 Å². The first-order chi connectivity index (χ1) is 11.9. The Morgan fingerprint density at radius 2 is 1.96 bits per heavy atom. The second kappa shape index (κ2) is 6.46. The first-order valence-corrected chi connectivity index (χ1v) is 8.43. The van der Waals surface area contributed by atoms with Crippen molar-refractivity contribution in [2.24, 2.45) is 11.3 Å². The number of methoxy groups -OCH3 is 2. The molecule has 7 nitrogen and oxygen atoms in total. The topological polar surface area (TPSA) is 88.1 Å². The Morgan fingerprint density at radius 3 is 2.56 bits per heavy atom. The summed E-state index contributed by atoms with van der Waals surface area (Å²) in [4.78, 5) is 26.0. The van der Waals surface area contributed by atoms with Crippen LogP contribution in [0.2, 0.25) is 0 Å². The zero-order valence-corrected chi connectivity index (χ0v) is 14.8. The quantitative estimate of drug-likeness (QED) is 0.873. The molecule has 25 heavy (non-hydrogen) atoms. The number of urea groups is 1. The number of benzene rings is 1. The molecule has 1 saturated carbocycles. The Hall–Kier alpha value is -2.44. The summed E-state index contributed by atoms with van der Waals surface area (Å²) in [7, 11) is 3.10. The number of carbonyl (C=O) groups excluding carboxylic acids is 1. The molecule has 1 aromatic rings. The number of hydrogen-bond acceptors (Lipinski definition) is 4. The lowest BCUT2D eigenvalue weighted by Gasteiger charge is -2.23. The number of carbonyl (C=O) groups is 2. The third-order valence-corrected chi connectivity index (χ3v) is 5.56. The largest absolute Gasteiger partial charge is 0.493 e. The SMILES string of the molecule is COc1cc(C)c(NC(=O)N2C[C@@H]3CCC[C@@]3(C(=O)O)C2)cc1OC. The fourth-order valence-electron chi connectivity index (χ4n) is 4.10. The summed E-state index contributed by atoms with van der Waals surface area (Å²) in [6.07, 6.45) is 2.43. The number of ether oxygens (including phenoxy) is 2. The van der Waals surface area contributed by atoms with Gasteiger partial charge >= 0.3 is 12.0 Å². The maximum atomic E-state index is 12.7. The van der Waals surface area contributed by atoms with Crippen molar-refractivity contribution in [1.29, 1.82) is 0 Å². The van der Waals surface area contributed by atoms with Crippen LogP contribution in [0.25, 0.3) is 0 Å². The fourth-order valence-corrected chi connectivity index (χ4v) is 4.10. The molecule has 1 heterocycles. The van der Waals surface area contributed by atoms with Gasteiger partial charge in [0.05, 0.1) is 19.6 Å². The number of hydrogen-bond donors (Lipinski definition) is 2. The van der Waals surface area contributed by atoms with Crippen molar-refractivity contribution in [3.05, 3.63) is 17.7 Å². The summed E-state index contributed by atoms with van der Waals surface area (Å²) >= 11 is 0. The monoisotopic (exact) mass is 348 g/mol. The van der Waals surface area contributed by atoms with E-state index in [1.165, 1.54) is 7.11 Å². The van der Waals surface area contributed by atoms with E-state index >= 15 is 0 Å². The van der Waals surface area contributed by atoms with E-state index in [1.807, 2.05) is 6.92 Å². The van der Waals surface area contributed by atoms with Crippen molar-refractivity contribution in [3.8, 4) is 11.5 Å². The van der Waals surface area contributed by atoms with E-state index in [0.29, 0.717) is 30.2 Å². The number of carboxylic acid groups (broad SMARTS) is 1. The van der Waals surface area contributed by atoms with Crippen LogP contribution in [-0.2, 0) is 4.79 Å². The van der Waals surface area contributed by atoms with Crippen molar-refractivity contribution >= 4 is 17.7 Å². The minimum atomic E-state index is -0.785. The van der Waals surface area contributed by atoms with E-state index in [-0.39, 0.29) is 18.5 Å². The van der Waals surface area contributed by atoms with Gasteiger partial charge in [-0.1, -0.05) is 6.42 Å². The molecule has 1 aromatic carbocycles. The molecule has 2 atom stereocenters. The summed E-state index contributed by atoms with van der Waals surface area (Å²) in [6.45, 7) is 2.63. The zero-order chi connectivity index (χ0) is 18.2. The molecule has 2 fully saturated rings. The van der Waals surface area contributed by atoms with Crippen molar-refractivity contribution in [3.63, 3.8) is 0 Å². The summed E-state index contributed by atoms with van der Waals surface area (Å²) < 4.78 is 10.5. The first kappa shape index (κ1) is 17.4. The lowest BCUT2D eigenvalue weighted by Crippen LogP contribution is -2.38. The number of aryl methyl sites for hydroxylation is 1. The van der Waals surface area contributed by atoms with Crippen LogP contribution < -0.4 is 14.8 Å². The van der Waals surface area contributed by atoms with Crippen LogP contribution in [0.4, 0.5) is 10.5 Å². The van der Waals surface area contributed by atoms with Crippen LogP contribution in [0.1, 0.15) is 24.8 Å². The molecule has 2 amide bonds. The molecular weight excluding hydrogens is 324 g/mol. The highest BCUT2D eigenvalue weighted by atomic mass is 16.5. The standard InChI is InChI=1S/C18H24N2O5/c1-11-7-14(24-2)15(25-3)8-13(11)19-17(23)20-9-12-5-4-6-18(12,10-20)16(21)22/h7-8,12H,4-6,9-10H2,1-3H3,(H,19,23)(H,21,22)/t12-,18+/m0/s1. The molecule has 2 N–H and O–H groups in total. The van der Waals surface area contributed by atoms with Crippen LogP contribution in [0.15, 0.2) is 12.1 Å². The lowest BCUT2D eigenvalue weighted by molar-refractivity contribution is -0.149. The Bertz CT molecular complexity index is 705. The highest BCUT2D eigenvalue weighted by Crippen LogP contribution is 2.49. The number of nitrogens with one attached hydrogen (secondary N) is 1. The van der Waals surface area contributed by atoms with Gasteiger partial charge in [0.1, 0.15) is 0 Å². The van der Waals surface area contributed by atoms with Crippen molar-refractivity contribution in [1.82, 2.24) is 4.90 Å². The maximum absolute atomic E-state index is 12.7. The van der Waals surface area contributed by atoms with E-state index in [9.17, 15) is 14.7 Å². The van der Waals surface area contributed by atoms with Crippen LogP contribution in [0.3, 0.4) is 0 Å². The number of rotatable bonds is 4. The average Bonchev–Trinajstić information content (AvgIpc) is 3.14. The summed E-state index contributed by atoms with van der Waals surface area (Å²) in [5, 5.41) is 12.5. The number of amides is 2. The highest BCUT2D eigenvalue weighted by Gasteiger charge is 2.55. The molecule has 0 bridgehead atoms. The molecule has 0 unspecified atom stereocenters. The second-order valence-corrected chi connectivity index (χ2v) is 6.88. The van der Waals surface area contributed by atoms with E-state index in [2.05, 4.69) is 5.32 Å². The molecule has 2 aliphatic rings. The van der Waals surface area contributed by atoms with E-state index in [1.54, 1.807) is 24.1 Å². The Morgan fingerprint density at radius 1 is 1.28 bits per heavy atom. The molecule has 1 aliphatic heterocycles. The Labute approximate surface area is 146 Å². The number of nitrogens with zero attached hydrogens (tertiary/aromatic N) is 1. The highest BCUT2D eigenvalue weighted by molar-refractivity contribution is 5.92. The van der Waals surface area contributed by atoms with Gasteiger partial charge in [0.15, 0.2) is 11.5 Å². The molecule has 1 aliphatic carbocycles. The predicted octanol–water partition coefficient (Wildman–Crippen LogP) is 2.73. The number of aliphatic carboxylic acids is 1. The van der Waals surface area contributed by atoms with E-state index in [4.69, 9.17) is 9.47 Å². The van der Waals surface area contributed by atoms with Gasteiger partial charge in [0.2, 0.25) is 0 Å². The number of carboxylic acids is 1. The molecule has 0 spiro atoms. The minimum Gasteiger partial charge on any atom is -0.493 e. The minimum absolute atomic E-state index is 0.0438. The number of fused-ring (bicyclic) bond motifs is 1. The third kappa shape index (κ3) is 2.88. The van der Waals surface area contributed by atoms with Gasteiger partial charge in [-0.3, -0.25) is 4.79 Å². The van der Waals surface area contributed by atoms with Gasteiger partial charge in [-0.05, 0) is 37.3 Å². The lowest BCUT2D eigenvalue weighted by atomic mass is 9.81. The second-order valence-electron chi connectivity index (χ2n) is 6.88. The molecule has 1 saturated heterocycles. The molecule has 0 aromatic heterocycles. The summed E-state index contributed by atoms with van der Waals surface area (Å²) in [5.41, 5.74) is 0.701. The Kier molecular flexibility index (Phi) is 4.49. The van der Waals surface area contributed by atoms with Gasteiger partial charge in [-0.25, -0.2) is 4.79 Å². The summed E-state index contributed by atoms with van der Waals surface area (Å²) in [5.74, 6) is 0.386. The molecule has 7 heteroatoms. The average molecular weight is 348 g/mol. The first-order valence-electron chi connectivity index (χ1n) is 8.43. The van der Waals surface area contributed by atoms with Gasteiger partial charge in [-0.15, -0.1) is 0 Å².